The van der Waals surface area contributed by atoms with E-state index in [0.29, 0.717) is 12.1 Å². The fourth-order valence-electron chi connectivity index (χ4n) is 4.13. The van der Waals surface area contributed by atoms with Crippen LogP contribution in [0.25, 0.3) is 5.69 Å². The number of aromatic nitrogens is 3. The highest BCUT2D eigenvalue weighted by Gasteiger charge is 2.22. The third-order valence-electron chi connectivity index (χ3n) is 5.72. The number of para-hydroxylation sites is 1. The number of likely N-dealkylation sites (tertiary alicyclic amines) is 1. The number of nitrogens with zero attached hydrogens (tertiary/aromatic N) is 4. The van der Waals surface area contributed by atoms with Crippen molar-refractivity contribution in [2.24, 2.45) is 0 Å². The fourth-order valence-corrected chi connectivity index (χ4v) is 4.13. The molecule has 1 N–H and O–H groups in total. The zero-order valence-electron chi connectivity index (χ0n) is 16.8. The maximum Gasteiger partial charge on any atom is 0.0648 e. The van der Waals surface area contributed by atoms with Crippen molar-refractivity contribution in [1.29, 1.82) is 0 Å². The summed E-state index contributed by atoms with van der Waals surface area (Å²) < 4.78 is 2.03. The van der Waals surface area contributed by atoms with Crippen molar-refractivity contribution in [2.75, 3.05) is 13.1 Å². The predicted molar refractivity (Wildman–Crippen MR) is 112 cm³/mol. The molecule has 2 aromatic heterocycles. The Kier molecular flexibility index (Phi) is 5.84. The van der Waals surface area contributed by atoms with Crippen LogP contribution in [0, 0.1) is 6.92 Å². The maximum atomic E-state index is 4.62. The van der Waals surface area contributed by atoms with Crippen LogP contribution in [0.5, 0.6) is 0 Å². The van der Waals surface area contributed by atoms with Gasteiger partial charge in [-0.1, -0.05) is 24.3 Å². The Balaban J connectivity index is 1.33. The summed E-state index contributed by atoms with van der Waals surface area (Å²) in [5, 5.41) is 8.45. The Hall–Kier alpha value is -2.50. The largest absolute Gasteiger partial charge is 0.307 e. The molecule has 1 aromatic carbocycles. The van der Waals surface area contributed by atoms with Crippen molar-refractivity contribution >= 4 is 0 Å². The van der Waals surface area contributed by atoms with Crippen LogP contribution in [-0.2, 0) is 6.54 Å². The van der Waals surface area contributed by atoms with Crippen LogP contribution in [0.15, 0.2) is 61.1 Å². The normalized spacial score (nSPS) is 16.9. The molecule has 28 heavy (non-hydrogen) atoms. The highest BCUT2D eigenvalue weighted by molar-refractivity contribution is 5.35. The Morgan fingerprint density at radius 3 is 2.57 bits per heavy atom. The Bertz CT molecular complexity index is 867. The van der Waals surface area contributed by atoms with Crippen molar-refractivity contribution in [3.8, 4) is 5.69 Å². The molecule has 0 bridgehead atoms. The third-order valence-corrected chi connectivity index (χ3v) is 5.72. The van der Waals surface area contributed by atoms with Crippen molar-refractivity contribution in [2.45, 2.75) is 45.3 Å². The minimum Gasteiger partial charge on any atom is -0.307 e. The molecule has 0 radical (unpaired) electrons. The van der Waals surface area contributed by atoms with Gasteiger partial charge in [0.25, 0.3) is 0 Å². The van der Waals surface area contributed by atoms with Gasteiger partial charge in [-0.05, 0) is 63.5 Å². The first-order chi connectivity index (χ1) is 13.7. The smallest absolute Gasteiger partial charge is 0.0648 e. The van der Waals surface area contributed by atoms with Crippen LogP contribution in [0.2, 0.25) is 0 Å². The first-order valence-electron chi connectivity index (χ1n) is 10.2. The van der Waals surface area contributed by atoms with Gasteiger partial charge in [-0.3, -0.25) is 9.88 Å². The van der Waals surface area contributed by atoms with E-state index in [1.807, 2.05) is 35.4 Å². The maximum absolute atomic E-state index is 4.62. The van der Waals surface area contributed by atoms with Gasteiger partial charge in [0.1, 0.15) is 0 Å². The topological polar surface area (TPSA) is 46.0 Å². The second-order valence-electron chi connectivity index (χ2n) is 7.73. The second-order valence-corrected chi connectivity index (χ2v) is 7.73. The van der Waals surface area contributed by atoms with Crippen molar-refractivity contribution < 1.29 is 0 Å². The molecule has 0 spiro atoms. The van der Waals surface area contributed by atoms with Crippen LogP contribution < -0.4 is 5.32 Å². The minimum atomic E-state index is 0.298. The first kappa shape index (κ1) is 18.8. The van der Waals surface area contributed by atoms with Crippen LogP contribution >= 0.6 is 0 Å². The first-order valence-corrected chi connectivity index (χ1v) is 10.2. The predicted octanol–water partition coefficient (Wildman–Crippen LogP) is 3.89. The molecule has 1 aliphatic rings. The Labute approximate surface area is 167 Å². The highest BCUT2D eigenvalue weighted by Crippen LogP contribution is 2.22. The van der Waals surface area contributed by atoms with Gasteiger partial charge in [0, 0.05) is 42.3 Å². The number of piperidine rings is 1. The number of rotatable bonds is 6. The van der Waals surface area contributed by atoms with Gasteiger partial charge >= 0.3 is 0 Å². The van der Waals surface area contributed by atoms with Gasteiger partial charge in [-0.25, -0.2) is 4.68 Å². The van der Waals surface area contributed by atoms with Gasteiger partial charge in [-0.15, -0.1) is 0 Å². The Morgan fingerprint density at radius 1 is 1.07 bits per heavy atom. The summed E-state index contributed by atoms with van der Waals surface area (Å²) in [6, 6.07) is 15.4. The lowest BCUT2D eigenvalue weighted by molar-refractivity contribution is 0.185. The number of benzene rings is 1. The summed E-state index contributed by atoms with van der Waals surface area (Å²) in [6.45, 7) is 7.66. The van der Waals surface area contributed by atoms with Crippen LogP contribution in [0.4, 0.5) is 0 Å². The molecule has 1 unspecified atom stereocenters. The Morgan fingerprint density at radius 2 is 1.86 bits per heavy atom. The minimum absolute atomic E-state index is 0.298. The molecule has 0 amide bonds. The standard InChI is InChI=1S/C23H29N5/c1-18(23-16-25-28(19(23)2)22-8-4-3-5-9-22)26-21-10-13-27(14-11-21)17-20-7-6-12-24-15-20/h3-9,12,15-16,18,21,26H,10-11,13-14,17H2,1-2H3. The van der Waals surface area contributed by atoms with E-state index in [4.69, 9.17) is 0 Å². The molecule has 5 nitrogen and oxygen atoms in total. The molecule has 0 aliphatic carbocycles. The quantitative estimate of drug-likeness (QED) is 0.710. The number of hydrogen-bond donors (Lipinski definition) is 1. The molecule has 3 aromatic rings. The summed E-state index contributed by atoms with van der Waals surface area (Å²) in [7, 11) is 0. The van der Waals surface area contributed by atoms with Gasteiger partial charge in [0.2, 0.25) is 0 Å². The third kappa shape index (κ3) is 4.32. The molecule has 5 heteroatoms. The monoisotopic (exact) mass is 375 g/mol. The number of hydrogen-bond acceptors (Lipinski definition) is 4. The lowest BCUT2D eigenvalue weighted by Crippen LogP contribution is -2.43. The van der Waals surface area contributed by atoms with Crippen LogP contribution in [0.3, 0.4) is 0 Å². The van der Waals surface area contributed by atoms with E-state index in [9.17, 15) is 0 Å². The molecule has 0 saturated carbocycles. The van der Waals surface area contributed by atoms with Crippen LogP contribution in [-0.4, -0.2) is 38.8 Å². The average molecular weight is 376 g/mol. The molecular weight excluding hydrogens is 346 g/mol. The SMILES string of the molecule is Cc1c(C(C)NC2CCN(Cc3cccnc3)CC2)cnn1-c1ccccc1. The molecule has 1 aliphatic heterocycles. The summed E-state index contributed by atoms with van der Waals surface area (Å²) in [5.41, 5.74) is 4.90. The summed E-state index contributed by atoms with van der Waals surface area (Å²) in [5.74, 6) is 0. The zero-order valence-corrected chi connectivity index (χ0v) is 16.8. The molecule has 4 rings (SSSR count). The number of pyridine rings is 1. The van der Waals surface area contributed by atoms with E-state index >= 15 is 0 Å². The summed E-state index contributed by atoms with van der Waals surface area (Å²) in [6.07, 6.45) is 8.17. The van der Waals surface area contributed by atoms with Crippen LogP contribution in [0.1, 0.15) is 42.6 Å². The number of nitrogens with one attached hydrogen (secondary N) is 1. The van der Waals surface area contributed by atoms with E-state index in [1.54, 1.807) is 0 Å². The summed E-state index contributed by atoms with van der Waals surface area (Å²) in [4.78, 5) is 6.75. The van der Waals surface area contributed by atoms with Gasteiger partial charge in [0.05, 0.1) is 11.9 Å². The van der Waals surface area contributed by atoms with Crippen molar-refractivity contribution in [3.05, 3.63) is 77.9 Å². The molecular formula is C23H29N5. The van der Waals surface area contributed by atoms with E-state index in [2.05, 4.69) is 64.5 Å². The molecule has 146 valence electrons. The van der Waals surface area contributed by atoms with E-state index in [0.717, 1.165) is 25.3 Å². The van der Waals surface area contributed by atoms with Gasteiger partial charge in [-0.2, -0.15) is 5.10 Å². The molecule has 1 atom stereocenters. The lowest BCUT2D eigenvalue weighted by atomic mass is 10.0. The highest BCUT2D eigenvalue weighted by atomic mass is 15.3. The van der Waals surface area contributed by atoms with E-state index in [-0.39, 0.29) is 0 Å². The van der Waals surface area contributed by atoms with E-state index in [1.165, 1.54) is 29.7 Å². The van der Waals surface area contributed by atoms with Gasteiger partial charge in [0.15, 0.2) is 0 Å². The van der Waals surface area contributed by atoms with Gasteiger partial charge < -0.3 is 5.32 Å². The molecule has 1 fully saturated rings. The fraction of sp³-hybridized carbons (Fsp3) is 0.391. The lowest BCUT2D eigenvalue weighted by Gasteiger charge is -2.34. The van der Waals surface area contributed by atoms with Crippen molar-refractivity contribution in [1.82, 2.24) is 25.0 Å². The molecule has 1 saturated heterocycles. The zero-order chi connectivity index (χ0) is 19.3. The second kappa shape index (κ2) is 8.67. The average Bonchev–Trinajstić information content (AvgIpc) is 3.12. The van der Waals surface area contributed by atoms with E-state index < -0.39 is 0 Å². The van der Waals surface area contributed by atoms with Crippen molar-refractivity contribution in [3.63, 3.8) is 0 Å². The summed E-state index contributed by atoms with van der Waals surface area (Å²) >= 11 is 0. The molecule has 3 heterocycles.